The summed E-state index contributed by atoms with van der Waals surface area (Å²) in [6, 6.07) is 0. The number of hydrogen-bond acceptors (Lipinski definition) is 0. The lowest BCUT2D eigenvalue weighted by Crippen LogP contribution is -2.22. The van der Waals surface area contributed by atoms with Crippen molar-refractivity contribution in [3.05, 3.63) is 0 Å². The van der Waals surface area contributed by atoms with Gasteiger partial charge in [0.15, 0.2) is 0 Å². The van der Waals surface area contributed by atoms with Gasteiger partial charge in [0.25, 0.3) is 0 Å². The van der Waals surface area contributed by atoms with Crippen LogP contribution in [0.4, 0.5) is 0 Å². The number of hydrogen-bond donors (Lipinski definition) is 0. The minimum atomic E-state index is 0.526. The van der Waals surface area contributed by atoms with Crippen molar-refractivity contribution >= 4 is 0 Å². The van der Waals surface area contributed by atoms with Crippen LogP contribution in [0.3, 0.4) is 0 Å². The van der Waals surface area contributed by atoms with E-state index in [0.717, 1.165) is 11.8 Å². The third-order valence-electron chi connectivity index (χ3n) is 3.72. The highest BCUT2D eigenvalue weighted by Gasteiger charge is 2.26. The molecule has 84 valence electrons. The lowest BCUT2D eigenvalue weighted by atomic mass is 9.72. The average Bonchev–Trinajstić information content (AvgIpc) is 2.14. The fraction of sp³-hybridized carbons (Fsp3) is 1.00. The molecule has 14 heavy (non-hydrogen) atoms. The van der Waals surface area contributed by atoms with Crippen molar-refractivity contribution in [1.82, 2.24) is 0 Å². The Labute approximate surface area is 90.5 Å². The smallest absolute Gasteiger partial charge is 0.0380 e. The zero-order valence-corrected chi connectivity index (χ0v) is 10.6. The van der Waals surface area contributed by atoms with Crippen molar-refractivity contribution in [3.63, 3.8) is 0 Å². The molecular weight excluding hydrogens is 168 g/mol. The molecule has 1 unspecified atom stereocenters. The fourth-order valence-electron chi connectivity index (χ4n) is 3.04. The van der Waals surface area contributed by atoms with Crippen molar-refractivity contribution in [3.8, 4) is 0 Å². The van der Waals surface area contributed by atoms with Crippen LogP contribution in [0.1, 0.15) is 72.6 Å². The van der Waals surface area contributed by atoms with E-state index in [-0.39, 0.29) is 0 Å². The van der Waals surface area contributed by atoms with Crippen molar-refractivity contribution in [2.75, 3.05) is 0 Å². The summed E-state index contributed by atoms with van der Waals surface area (Å²) in [5.74, 6) is 2.04. The molecule has 1 rings (SSSR count). The van der Waals surface area contributed by atoms with Crippen LogP contribution in [0.15, 0.2) is 0 Å². The quantitative estimate of drug-likeness (QED) is 0.594. The summed E-state index contributed by atoms with van der Waals surface area (Å²) in [6.45, 7) is 9.54. The Morgan fingerprint density at radius 2 is 1.64 bits per heavy atom. The lowest BCUT2D eigenvalue weighted by molar-refractivity contribution is 0.177. The zero-order chi connectivity index (χ0) is 10.6. The van der Waals surface area contributed by atoms with Crippen LogP contribution in [0.25, 0.3) is 0 Å². The molecule has 0 aromatic heterocycles. The van der Waals surface area contributed by atoms with E-state index in [2.05, 4.69) is 27.7 Å². The fourth-order valence-corrected chi connectivity index (χ4v) is 3.04. The minimum absolute atomic E-state index is 0.526. The third-order valence-corrected chi connectivity index (χ3v) is 3.72. The van der Waals surface area contributed by atoms with Crippen molar-refractivity contribution in [2.24, 2.45) is 17.3 Å². The third kappa shape index (κ3) is 4.02. The molecule has 0 saturated heterocycles. The van der Waals surface area contributed by atoms with E-state index in [0.29, 0.717) is 5.41 Å². The Bertz CT molecular complexity index is 146. The van der Waals surface area contributed by atoms with E-state index in [1.807, 2.05) is 0 Å². The monoisotopic (exact) mass is 196 g/mol. The van der Waals surface area contributed by atoms with Gasteiger partial charge >= 0.3 is 0 Å². The maximum atomic E-state index is 2.39. The molecule has 0 radical (unpaired) electrons. The van der Waals surface area contributed by atoms with Gasteiger partial charge in [0.05, 0.1) is 0 Å². The summed E-state index contributed by atoms with van der Waals surface area (Å²) in [6.07, 6.45) is 10.3. The molecule has 1 atom stereocenters. The molecule has 1 aliphatic rings. The van der Waals surface area contributed by atoms with E-state index < -0.39 is 0 Å². The standard InChI is InChI=1S/C14H28/c1-5-12(11-14(2,3)4)13-9-7-6-8-10-13/h12-13H,5-11H2,1-4H3. The van der Waals surface area contributed by atoms with Gasteiger partial charge in [-0.1, -0.05) is 66.2 Å². The molecule has 0 aromatic rings. The van der Waals surface area contributed by atoms with Gasteiger partial charge < -0.3 is 0 Å². The molecule has 0 heterocycles. The Morgan fingerprint density at radius 1 is 1.07 bits per heavy atom. The predicted molar refractivity (Wildman–Crippen MR) is 64.4 cm³/mol. The van der Waals surface area contributed by atoms with Crippen molar-refractivity contribution in [2.45, 2.75) is 72.6 Å². The molecule has 0 nitrogen and oxygen atoms in total. The Kier molecular flexibility index (Phi) is 4.47. The summed E-state index contributed by atoms with van der Waals surface area (Å²) in [7, 11) is 0. The van der Waals surface area contributed by atoms with Crippen LogP contribution in [0, 0.1) is 17.3 Å². The molecule has 0 N–H and O–H groups in total. The van der Waals surface area contributed by atoms with E-state index in [1.54, 1.807) is 0 Å². The van der Waals surface area contributed by atoms with Crippen LogP contribution >= 0.6 is 0 Å². The zero-order valence-electron chi connectivity index (χ0n) is 10.6. The number of rotatable bonds is 3. The highest BCUT2D eigenvalue weighted by atomic mass is 14.3. The Balaban J connectivity index is 2.43. The van der Waals surface area contributed by atoms with E-state index >= 15 is 0 Å². The molecule has 0 spiro atoms. The SMILES string of the molecule is CCC(CC(C)(C)C)C1CCCCC1. The summed E-state index contributed by atoms with van der Waals surface area (Å²) in [5.41, 5.74) is 0.526. The molecule has 0 amide bonds. The molecular formula is C14H28. The first-order valence-electron chi connectivity index (χ1n) is 6.53. The summed E-state index contributed by atoms with van der Waals surface area (Å²) >= 11 is 0. The maximum absolute atomic E-state index is 2.39. The molecule has 0 aromatic carbocycles. The van der Waals surface area contributed by atoms with Gasteiger partial charge in [-0.15, -0.1) is 0 Å². The second-order valence-electron chi connectivity index (χ2n) is 6.33. The molecule has 0 aliphatic heterocycles. The second kappa shape index (κ2) is 5.19. The molecule has 0 bridgehead atoms. The normalized spacial score (nSPS) is 22.3. The largest absolute Gasteiger partial charge is 0.0651 e. The maximum Gasteiger partial charge on any atom is -0.0380 e. The van der Waals surface area contributed by atoms with Gasteiger partial charge in [0, 0.05) is 0 Å². The van der Waals surface area contributed by atoms with Crippen molar-refractivity contribution < 1.29 is 0 Å². The highest BCUT2D eigenvalue weighted by molar-refractivity contribution is 4.77. The first-order chi connectivity index (χ1) is 6.53. The van der Waals surface area contributed by atoms with E-state index in [4.69, 9.17) is 0 Å². The topological polar surface area (TPSA) is 0 Å². The van der Waals surface area contributed by atoms with E-state index in [9.17, 15) is 0 Å². The van der Waals surface area contributed by atoms with Gasteiger partial charge in [0.1, 0.15) is 0 Å². The van der Waals surface area contributed by atoms with Gasteiger partial charge in [-0.05, 0) is 23.7 Å². The van der Waals surface area contributed by atoms with Gasteiger partial charge in [-0.2, -0.15) is 0 Å². The Morgan fingerprint density at radius 3 is 2.07 bits per heavy atom. The molecule has 1 aliphatic carbocycles. The van der Waals surface area contributed by atoms with Crippen LogP contribution in [0.2, 0.25) is 0 Å². The van der Waals surface area contributed by atoms with Gasteiger partial charge in [-0.3, -0.25) is 0 Å². The van der Waals surface area contributed by atoms with Crippen LogP contribution in [-0.2, 0) is 0 Å². The summed E-state index contributed by atoms with van der Waals surface area (Å²) in [5, 5.41) is 0. The van der Waals surface area contributed by atoms with Crippen LogP contribution in [0.5, 0.6) is 0 Å². The first kappa shape index (κ1) is 12.1. The molecule has 1 fully saturated rings. The minimum Gasteiger partial charge on any atom is -0.0651 e. The predicted octanol–water partition coefficient (Wildman–Crippen LogP) is 5.03. The van der Waals surface area contributed by atoms with Gasteiger partial charge in [0.2, 0.25) is 0 Å². The highest BCUT2D eigenvalue weighted by Crippen LogP contribution is 2.38. The summed E-state index contributed by atoms with van der Waals surface area (Å²) < 4.78 is 0. The average molecular weight is 196 g/mol. The molecule has 1 saturated carbocycles. The summed E-state index contributed by atoms with van der Waals surface area (Å²) in [4.78, 5) is 0. The first-order valence-corrected chi connectivity index (χ1v) is 6.53. The van der Waals surface area contributed by atoms with E-state index in [1.165, 1.54) is 44.9 Å². The lowest BCUT2D eigenvalue weighted by Gasteiger charge is -2.34. The van der Waals surface area contributed by atoms with Gasteiger partial charge in [-0.25, -0.2) is 0 Å². The van der Waals surface area contributed by atoms with Crippen LogP contribution in [-0.4, -0.2) is 0 Å². The second-order valence-corrected chi connectivity index (χ2v) is 6.33. The molecule has 0 heteroatoms. The van der Waals surface area contributed by atoms with Crippen molar-refractivity contribution in [1.29, 1.82) is 0 Å². The Hall–Kier alpha value is 0. The van der Waals surface area contributed by atoms with Crippen LogP contribution < -0.4 is 0 Å².